The highest BCUT2D eigenvalue weighted by molar-refractivity contribution is 5.02. The summed E-state index contributed by atoms with van der Waals surface area (Å²) in [5.74, 6) is 0. The quantitative estimate of drug-likeness (QED) is 0.838. The Hall–Kier alpha value is -0.120. The van der Waals surface area contributed by atoms with Gasteiger partial charge in [-0.25, -0.2) is 0 Å². The van der Waals surface area contributed by atoms with Gasteiger partial charge in [-0.05, 0) is 47.0 Å². The molecule has 1 aliphatic carbocycles. The van der Waals surface area contributed by atoms with Crippen LogP contribution in [0.3, 0.4) is 0 Å². The van der Waals surface area contributed by atoms with E-state index in [1.807, 2.05) is 0 Å². The maximum atomic E-state index is 6.25. The molecular weight excluding hydrogens is 224 g/mol. The lowest BCUT2D eigenvalue weighted by Crippen LogP contribution is -2.52. The van der Waals surface area contributed by atoms with Gasteiger partial charge in [0.25, 0.3) is 0 Å². The van der Waals surface area contributed by atoms with Crippen molar-refractivity contribution in [3.63, 3.8) is 0 Å². The summed E-state index contributed by atoms with van der Waals surface area (Å²) in [4.78, 5) is 2.65. The van der Waals surface area contributed by atoms with Crippen LogP contribution in [0.1, 0.15) is 59.8 Å². The molecule has 0 aromatic heterocycles. The number of hydrogen-bond donors (Lipinski definition) is 1. The van der Waals surface area contributed by atoms with Crippen LogP contribution in [0.5, 0.6) is 0 Å². The zero-order valence-corrected chi connectivity index (χ0v) is 12.5. The first-order valence-corrected chi connectivity index (χ1v) is 7.52. The molecule has 2 fully saturated rings. The molecule has 2 rings (SSSR count). The molecule has 1 aliphatic heterocycles. The van der Waals surface area contributed by atoms with Crippen LogP contribution in [0.2, 0.25) is 0 Å². The summed E-state index contributed by atoms with van der Waals surface area (Å²) in [5, 5.41) is 0. The van der Waals surface area contributed by atoms with Gasteiger partial charge < -0.3 is 10.5 Å². The molecule has 1 saturated carbocycles. The van der Waals surface area contributed by atoms with Crippen LogP contribution in [-0.2, 0) is 4.74 Å². The van der Waals surface area contributed by atoms with Crippen LogP contribution in [0.25, 0.3) is 0 Å². The number of ether oxygens (including phenoxy) is 1. The summed E-state index contributed by atoms with van der Waals surface area (Å²) >= 11 is 0. The predicted molar refractivity (Wildman–Crippen MR) is 75.7 cm³/mol. The third-order valence-corrected chi connectivity index (χ3v) is 4.61. The molecule has 1 atom stereocenters. The lowest BCUT2D eigenvalue weighted by Gasteiger charge is -2.40. The van der Waals surface area contributed by atoms with E-state index in [1.165, 1.54) is 25.7 Å². The Bertz CT molecular complexity index is 282. The highest BCUT2D eigenvalue weighted by Gasteiger charge is 2.49. The van der Waals surface area contributed by atoms with Crippen molar-refractivity contribution < 1.29 is 4.74 Å². The van der Waals surface area contributed by atoms with Gasteiger partial charge in [0, 0.05) is 25.2 Å². The molecule has 0 aromatic rings. The first kappa shape index (κ1) is 14.3. The minimum atomic E-state index is -0.0543. The third kappa shape index (κ3) is 2.89. The monoisotopic (exact) mass is 254 g/mol. The second-order valence-corrected chi connectivity index (χ2v) is 7.15. The van der Waals surface area contributed by atoms with E-state index in [-0.39, 0.29) is 11.2 Å². The lowest BCUT2D eigenvalue weighted by molar-refractivity contribution is -0.0837. The van der Waals surface area contributed by atoms with Gasteiger partial charge in [0.05, 0.1) is 11.2 Å². The Balaban J connectivity index is 2.14. The molecule has 1 unspecified atom stereocenters. The zero-order chi connectivity index (χ0) is 13.4. The number of nitrogens with zero attached hydrogens (tertiary/aromatic N) is 1. The maximum absolute atomic E-state index is 6.25. The molecule has 3 nitrogen and oxygen atoms in total. The van der Waals surface area contributed by atoms with E-state index < -0.39 is 0 Å². The van der Waals surface area contributed by atoms with Gasteiger partial charge in [-0.15, -0.1) is 0 Å². The predicted octanol–water partition coefficient (Wildman–Crippen LogP) is 2.54. The summed E-state index contributed by atoms with van der Waals surface area (Å²) in [6.07, 6.45) is 6.56. The first-order valence-electron chi connectivity index (χ1n) is 7.52. The molecular formula is C15H30N2O. The third-order valence-electron chi connectivity index (χ3n) is 4.61. The molecule has 106 valence electrons. The Morgan fingerprint density at radius 3 is 2.22 bits per heavy atom. The van der Waals surface area contributed by atoms with Crippen molar-refractivity contribution in [2.45, 2.75) is 83.1 Å². The fourth-order valence-corrected chi connectivity index (χ4v) is 4.03. The molecule has 3 heteroatoms. The zero-order valence-electron chi connectivity index (χ0n) is 12.5. The Morgan fingerprint density at radius 1 is 1.17 bits per heavy atom. The van der Waals surface area contributed by atoms with E-state index in [2.05, 4.69) is 32.6 Å². The average molecular weight is 254 g/mol. The van der Waals surface area contributed by atoms with Gasteiger partial charge in [-0.2, -0.15) is 0 Å². The van der Waals surface area contributed by atoms with E-state index in [4.69, 9.17) is 10.5 Å². The summed E-state index contributed by atoms with van der Waals surface area (Å²) in [6.45, 7) is 10.7. The van der Waals surface area contributed by atoms with Crippen LogP contribution in [-0.4, -0.2) is 41.3 Å². The molecule has 2 N–H and O–H groups in total. The minimum Gasteiger partial charge on any atom is -0.368 e. The van der Waals surface area contributed by atoms with Gasteiger partial charge in [-0.3, -0.25) is 4.90 Å². The molecule has 0 aromatic carbocycles. The summed E-state index contributed by atoms with van der Waals surface area (Å²) < 4.78 is 6.25. The molecule has 0 bridgehead atoms. The van der Waals surface area contributed by atoms with Crippen LogP contribution in [0.15, 0.2) is 0 Å². The minimum absolute atomic E-state index is 0.000377. The summed E-state index contributed by atoms with van der Waals surface area (Å²) in [6, 6.07) is 1.24. The van der Waals surface area contributed by atoms with Crippen molar-refractivity contribution in [3.8, 4) is 0 Å². The average Bonchev–Trinajstić information content (AvgIpc) is 2.80. The molecule has 0 radical (unpaired) electrons. The van der Waals surface area contributed by atoms with Gasteiger partial charge in [0.2, 0.25) is 0 Å². The van der Waals surface area contributed by atoms with Crippen molar-refractivity contribution in [2.24, 2.45) is 5.73 Å². The normalized spacial score (nSPS) is 31.3. The van der Waals surface area contributed by atoms with Crippen molar-refractivity contribution >= 4 is 0 Å². The standard InChI is InChI=1S/C15H30N2O/c1-14(2)11-13(15(3,4)18-14)17(10-9-16)12-7-5-6-8-12/h12-13H,5-11,16H2,1-4H3. The highest BCUT2D eigenvalue weighted by atomic mass is 16.5. The number of rotatable bonds is 4. The van der Waals surface area contributed by atoms with Crippen molar-refractivity contribution in [2.75, 3.05) is 13.1 Å². The van der Waals surface area contributed by atoms with Crippen molar-refractivity contribution in [1.29, 1.82) is 0 Å². The van der Waals surface area contributed by atoms with E-state index in [0.717, 1.165) is 25.6 Å². The summed E-state index contributed by atoms with van der Waals surface area (Å²) in [7, 11) is 0. The second kappa shape index (κ2) is 5.10. The second-order valence-electron chi connectivity index (χ2n) is 7.15. The fraction of sp³-hybridized carbons (Fsp3) is 1.00. The van der Waals surface area contributed by atoms with Crippen LogP contribution in [0, 0.1) is 0 Å². The van der Waals surface area contributed by atoms with E-state index in [1.54, 1.807) is 0 Å². The van der Waals surface area contributed by atoms with Crippen LogP contribution < -0.4 is 5.73 Å². The van der Waals surface area contributed by atoms with E-state index in [9.17, 15) is 0 Å². The van der Waals surface area contributed by atoms with Gasteiger partial charge in [0.15, 0.2) is 0 Å². The number of nitrogens with two attached hydrogens (primary N) is 1. The SMILES string of the molecule is CC1(C)CC(N(CCN)C2CCCC2)C(C)(C)O1. The number of hydrogen-bond acceptors (Lipinski definition) is 3. The molecule has 0 spiro atoms. The smallest absolute Gasteiger partial charge is 0.0789 e. The van der Waals surface area contributed by atoms with E-state index >= 15 is 0 Å². The molecule has 2 aliphatic rings. The highest BCUT2D eigenvalue weighted by Crippen LogP contribution is 2.42. The topological polar surface area (TPSA) is 38.5 Å². The fourth-order valence-electron chi connectivity index (χ4n) is 4.03. The Morgan fingerprint density at radius 2 is 1.78 bits per heavy atom. The maximum Gasteiger partial charge on any atom is 0.0789 e. The van der Waals surface area contributed by atoms with Crippen molar-refractivity contribution in [1.82, 2.24) is 4.90 Å². The molecule has 0 amide bonds. The summed E-state index contributed by atoms with van der Waals surface area (Å²) in [5.41, 5.74) is 5.78. The molecule has 18 heavy (non-hydrogen) atoms. The Labute approximate surface area is 112 Å². The first-order chi connectivity index (χ1) is 8.36. The molecule has 1 saturated heterocycles. The Kier molecular flexibility index (Phi) is 4.05. The largest absolute Gasteiger partial charge is 0.368 e. The van der Waals surface area contributed by atoms with Gasteiger partial charge in [0.1, 0.15) is 0 Å². The molecule has 1 heterocycles. The van der Waals surface area contributed by atoms with Gasteiger partial charge >= 0.3 is 0 Å². The van der Waals surface area contributed by atoms with Gasteiger partial charge in [-0.1, -0.05) is 12.8 Å². The lowest BCUT2D eigenvalue weighted by atomic mass is 9.91. The van der Waals surface area contributed by atoms with Crippen molar-refractivity contribution in [3.05, 3.63) is 0 Å². The van der Waals surface area contributed by atoms with E-state index in [0.29, 0.717) is 6.04 Å². The van der Waals surface area contributed by atoms with Crippen LogP contribution in [0.4, 0.5) is 0 Å². The van der Waals surface area contributed by atoms with Crippen LogP contribution >= 0.6 is 0 Å².